The number of halogens is 1. The number of nitrogens with zero attached hydrogens (tertiary/aromatic N) is 4. The fourth-order valence-corrected chi connectivity index (χ4v) is 1.67. The number of nitro benzene ring substituents is 1. The number of rotatable bonds is 3. The maximum absolute atomic E-state index is 13.7. The van der Waals surface area contributed by atoms with Gasteiger partial charge in [-0.05, 0) is 12.1 Å². The van der Waals surface area contributed by atoms with Crippen molar-refractivity contribution in [1.29, 1.82) is 0 Å². The van der Waals surface area contributed by atoms with Crippen LogP contribution in [0.1, 0.15) is 0 Å². The Labute approximate surface area is 111 Å². The van der Waals surface area contributed by atoms with E-state index in [9.17, 15) is 14.5 Å². The maximum atomic E-state index is 13.7. The highest BCUT2D eigenvalue weighted by Gasteiger charge is 2.12. The van der Waals surface area contributed by atoms with Gasteiger partial charge in [0.05, 0.1) is 11.0 Å². The van der Waals surface area contributed by atoms with Crippen LogP contribution in [0.2, 0.25) is 0 Å². The van der Waals surface area contributed by atoms with Crippen LogP contribution in [0.5, 0.6) is 11.5 Å². The molecular formula is C12H7FN4O3. The summed E-state index contributed by atoms with van der Waals surface area (Å²) in [4.78, 5) is 13.8. The largest absolute Gasteiger partial charge is 0.454 e. The van der Waals surface area contributed by atoms with Gasteiger partial charge in [-0.2, -0.15) is 5.10 Å². The Bertz CT molecular complexity index is 802. The van der Waals surface area contributed by atoms with E-state index in [0.717, 1.165) is 6.07 Å². The van der Waals surface area contributed by atoms with Crippen LogP contribution in [0.4, 0.5) is 10.1 Å². The van der Waals surface area contributed by atoms with Crippen LogP contribution in [0, 0.1) is 15.9 Å². The smallest absolute Gasteiger partial charge is 0.272 e. The Morgan fingerprint density at radius 2 is 2.15 bits per heavy atom. The molecule has 3 rings (SSSR count). The summed E-state index contributed by atoms with van der Waals surface area (Å²) in [6.45, 7) is 0. The molecule has 0 fully saturated rings. The van der Waals surface area contributed by atoms with Gasteiger partial charge in [0.15, 0.2) is 17.2 Å². The van der Waals surface area contributed by atoms with Gasteiger partial charge in [-0.25, -0.2) is 13.9 Å². The lowest BCUT2D eigenvalue weighted by molar-refractivity contribution is -0.385. The average molecular weight is 274 g/mol. The zero-order valence-electron chi connectivity index (χ0n) is 9.93. The second-order valence-corrected chi connectivity index (χ2v) is 3.90. The number of ether oxygens (including phenoxy) is 1. The van der Waals surface area contributed by atoms with Crippen molar-refractivity contribution in [3.05, 3.63) is 58.8 Å². The number of benzene rings is 1. The molecule has 0 aliphatic carbocycles. The first-order valence-corrected chi connectivity index (χ1v) is 5.55. The lowest BCUT2D eigenvalue weighted by Gasteiger charge is -2.06. The van der Waals surface area contributed by atoms with E-state index in [2.05, 4.69) is 10.1 Å². The molecule has 3 aromatic rings. The summed E-state index contributed by atoms with van der Waals surface area (Å²) in [5.41, 5.74) is 0.215. The molecule has 1 aromatic carbocycles. The van der Waals surface area contributed by atoms with E-state index < -0.39 is 10.7 Å². The van der Waals surface area contributed by atoms with Gasteiger partial charge in [0, 0.05) is 18.3 Å². The fraction of sp³-hybridized carbons (Fsp3) is 0. The number of pyridine rings is 1. The van der Waals surface area contributed by atoms with Crippen LogP contribution in [-0.2, 0) is 0 Å². The van der Waals surface area contributed by atoms with Crippen molar-refractivity contribution in [2.45, 2.75) is 0 Å². The Kier molecular flexibility index (Phi) is 2.75. The fourth-order valence-electron chi connectivity index (χ4n) is 1.67. The van der Waals surface area contributed by atoms with Gasteiger partial charge < -0.3 is 4.74 Å². The molecular weight excluding hydrogens is 267 g/mol. The summed E-state index contributed by atoms with van der Waals surface area (Å²) in [5.74, 6) is -0.543. The minimum atomic E-state index is -0.805. The molecule has 0 N–H and O–H groups in total. The van der Waals surface area contributed by atoms with Crippen molar-refractivity contribution in [2.24, 2.45) is 0 Å². The van der Waals surface area contributed by atoms with Crippen molar-refractivity contribution < 1.29 is 14.1 Å². The van der Waals surface area contributed by atoms with Crippen LogP contribution in [0.25, 0.3) is 5.65 Å². The van der Waals surface area contributed by atoms with E-state index in [1.165, 1.54) is 23.0 Å². The van der Waals surface area contributed by atoms with Gasteiger partial charge in [0.25, 0.3) is 5.69 Å². The first-order valence-electron chi connectivity index (χ1n) is 5.55. The molecule has 20 heavy (non-hydrogen) atoms. The number of fused-ring (bicyclic) bond motifs is 1. The number of non-ortho nitro benzene ring substituents is 1. The molecule has 0 spiro atoms. The molecule has 0 aliphatic rings. The van der Waals surface area contributed by atoms with Crippen LogP contribution >= 0.6 is 0 Å². The Morgan fingerprint density at radius 1 is 1.30 bits per heavy atom. The number of hydrogen-bond donors (Lipinski definition) is 0. The number of aromatic nitrogens is 3. The van der Waals surface area contributed by atoms with E-state index in [-0.39, 0.29) is 11.4 Å². The first kappa shape index (κ1) is 12.0. The molecule has 2 heterocycles. The molecule has 0 saturated carbocycles. The van der Waals surface area contributed by atoms with E-state index in [4.69, 9.17) is 4.74 Å². The Hall–Kier alpha value is -3.03. The number of hydrogen-bond acceptors (Lipinski definition) is 5. The molecule has 0 amide bonds. The highest BCUT2D eigenvalue weighted by molar-refractivity contribution is 5.45. The van der Waals surface area contributed by atoms with Gasteiger partial charge >= 0.3 is 0 Å². The highest BCUT2D eigenvalue weighted by atomic mass is 19.1. The van der Waals surface area contributed by atoms with Crippen molar-refractivity contribution >= 4 is 11.3 Å². The van der Waals surface area contributed by atoms with Crippen molar-refractivity contribution in [3.63, 3.8) is 0 Å². The summed E-state index contributed by atoms with van der Waals surface area (Å²) in [6, 6.07) is 6.36. The zero-order chi connectivity index (χ0) is 14.1. The van der Waals surface area contributed by atoms with Crippen LogP contribution < -0.4 is 4.74 Å². The molecule has 100 valence electrons. The SMILES string of the molecule is O=[N+]([O-])c1ccc(Oc2ccn3ncnc3c2)c(F)c1. The van der Waals surface area contributed by atoms with Crippen molar-refractivity contribution in [1.82, 2.24) is 14.6 Å². The summed E-state index contributed by atoms with van der Waals surface area (Å²) < 4.78 is 20.6. The average Bonchev–Trinajstić information content (AvgIpc) is 2.88. The van der Waals surface area contributed by atoms with Gasteiger partial charge in [-0.15, -0.1) is 0 Å². The van der Waals surface area contributed by atoms with Crippen LogP contribution in [0.15, 0.2) is 42.9 Å². The predicted molar refractivity (Wildman–Crippen MR) is 66.1 cm³/mol. The maximum Gasteiger partial charge on any atom is 0.272 e. The third-order valence-corrected chi connectivity index (χ3v) is 2.61. The summed E-state index contributed by atoms with van der Waals surface area (Å²) in [5, 5.41) is 14.4. The van der Waals surface area contributed by atoms with Gasteiger partial charge in [0.2, 0.25) is 0 Å². The van der Waals surface area contributed by atoms with Gasteiger partial charge in [0.1, 0.15) is 12.1 Å². The van der Waals surface area contributed by atoms with E-state index >= 15 is 0 Å². The minimum Gasteiger partial charge on any atom is -0.454 e. The van der Waals surface area contributed by atoms with E-state index in [1.54, 1.807) is 18.3 Å². The lowest BCUT2D eigenvalue weighted by atomic mass is 10.3. The lowest BCUT2D eigenvalue weighted by Crippen LogP contribution is -1.93. The van der Waals surface area contributed by atoms with Crippen LogP contribution in [0.3, 0.4) is 0 Å². The molecule has 0 aliphatic heterocycles. The second kappa shape index (κ2) is 4.57. The van der Waals surface area contributed by atoms with E-state index in [0.29, 0.717) is 11.4 Å². The third kappa shape index (κ3) is 2.14. The molecule has 0 atom stereocenters. The van der Waals surface area contributed by atoms with Gasteiger partial charge in [-0.3, -0.25) is 10.1 Å². The predicted octanol–water partition coefficient (Wildman–Crippen LogP) is 2.57. The van der Waals surface area contributed by atoms with Crippen molar-refractivity contribution in [3.8, 4) is 11.5 Å². The molecule has 0 bridgehead atoms. The van der Waals surface area contributed by atoms with Gasteiger partial charge in [-0.1, -0.05) is 0 Å². The molecule has 7 nitrogen and oxygen atoms in total. The summed E-state index contributed by atoms with van der Waals surface area (Å²) in [6.07, 6.45) is 2.99. The Morgan fingerprint density at radius 3 is 2.90 bits per heavy atom. The first-order chi connectivity index (χ1) is 9.63. The molecule has 0 unspecified atom stereocenters. The quantitative estimate of drug-likeness (QED) is 0.541. The monoisotopic (exact) mass is 274 g/mol. The highest BCUT2D eigenvalue weighted by Crippen LogP contribution is 2.27. The number of nitro groups is 1. The molecule has 0 saturated heterocycles. The van der Waals surface area contributed by atoms with Crippen molar-refractivity contribution in [2.75, 3.05) is 0 Å². The molecule has 2 aromatic heterocycles. The van der Waals surface area contributed by atoms with Crippen LogP contribution in [-0.4, -0.2) is 19.5 Å². The summed E-state index contributed by atoms with van der Waals surface area (Å²) >= 11 is 0. The minimum absolute atomic E-state index is 0.0977. The normalized spacial score (nSPS) is 10.7. The third-order valence-electron chi connectivity index (χ3n) is 2.61. The summed E-state index contributed by atoms with van der Waals surface area (Å²) in [7, 11) is 0. The zero-order valence-corrected chi connectivity index (χ0v) is 9.93. The topological polar surface area (TPSA) is 82.6 Å². The standard InChI is InChI=1S/C12H7FN4O3/c13-10-5-8(17(18)19)1-2-11(10)20-9-3-4-16-12(6-9)14-7-15-16/h1-7H. The van der Waals surface area contributed by atoms with E-state index in [1.807, 2.05) is 0 Å². The Balaban J connectivity index is 1.92. The molecule has 8 heteroatoms. The molecule has 0 radical (unpaired) electrons. The second-order valence-electron chi connectivity index (χ2n) is 3.90.